The highest BCUT2D eigenvalue weighted by Gasteiger charge is 2.30. The Morgan fingerprint density at radius 1 is 1.03 bits per heavy atom. The van der Waals surface area contributed by atoms with Gasteiger partial charge in [0.05, 0.1) is 23.9 Å². The van der Waals surface area contributed by atoms with Gasteiger partial charge < -0.3 is 10.6 Å². The molecular weight excluding hydrogens is 466 g/mol. The lowest BCUT2D eigenvalue weighted by Gasteiger charge is -2.10. The van der Waals surface area contributed by atoms with E-state index < -0.39 is 23.5 Å². The van der Waals surface area contributed by atoms with Crippen molar-refractivity contribution >= 4 is 23.4 Å². The molecule has 0 aliphatic carbocycles. The van der Waals surface area contributed by atoms with Crippen molar-refractivity contribution in [3.05, 3.63) is 78.3 Å². The van der Waals surface area contributed by atoms with Gasteiger partial charge in [-0.3, -0.25) is 9.48 Å². The number of pyridine rings is 1. The van der Waals surface area contributed by atoms with Crippen LogP contribution in [0.1, 0.15) is 18.1 Å². The monoisotopic (exact) mass is 485 g/mol. The van der Waals surface area contributed by atoms with Crippen LogP contribution in [0.25, 0.3) is 11.1 Å². The van der Waals surface area contributed by atoms with E-state index in [-0.39, 0.29) is 17.8 Å². The number of carbonyl (C=O) groups excluding carboxylic acids is 1. The van der Waals surface area contributed by atoms with Crippen molar-refractivity contribution in [2.75, 3.05) is 10.6 Å². The van der Waals surface area contributed by atoms with Gasteiger partial charge in [0.25, 0.3) is 0 Å². The zero-order valence-corrected chi connectivity index (χ0v) is 18.3. The van der Waals surface area contributed by atoms with Gasteiger partial charge in [-0.05, 0) is 36.2 Å². The number of rotatable bonds is 7. The molecule has 180 valence electrons. The minimum absolute atomic E-state index is 0.0744. The summed E-state index contributed by atoms with van der Waals surface area (Å²) in [4.78, 5) is 24.4. The van der Waals surface area contributed by atoms with Crippen molar-refractivity contribution in [3.8, 4) is 11.1 Å². The van der Waals surface area contributed by atoms with Gasteiger partial charge in [0, 0.05) is 36.9 Å². The van der Waals surface area contributed by atoms with Crippen molar-refractivity contribution in [1.29, 1.82) is 0 Å². The van der Waals surface area contributed by atoms with Crippen LogP contribution in [-0.4, -0.2) is 30.6 Å². The highest BCUT2D eigenvalue weighted by atomic mass is 19.4. The van der Waals surface area contributed by atoms with Gasteiger partial charge in [0.1, 0.15) is 11.6 Å². The summed E-state index contributed by atoms with van der Waals surface area (Å²) in [5.74, 6) is -1.27. The highest BCUT2D eigenvalue weighted by molar-refractivity contribution is 5.91. The van der Waals surface area contributed by atoms with Crippen LogP contribution in [0.5, 0.6) is 0 Å². The van der Waals surface area contributed by atoms with Crippen LogP contribution in [-0.2, 0) is 23.9 Å². The Labute approximate surface area is 197 Å². The Hall–Kier alpha value is -4.35. The summed E-state index contributed by atoms with van der Waals surface area (Å²) in [5, 5.41) is 9.43. The lowest BCUT2D eigenvalue weighted by molar-refractivity contribution is -0.137. The number of benzene rings is 1. The standard InChI is InChI=1S/C23H19F4N7O/c1-2-34-13-18(12-31-34)32-22-29-10-16(11-30-22)14-3-4-15(19(24)7-14)8-21(35)33-20-9-17(5-6-28-20)23(25,26)27/h3-7,9-13H,2,8H2,1H3,(H,28,33,35)(H,29,30,32). The fourth-order valence-corrected chi connectivity index (χ4v) is 3.18. The predicted molar refractivity (Wildman–Crippen MR) is 120 cm³/mol. The Balaban J connectivity index is 1.40. The molecule has 3 heterocycles. The van der Waals surface area contributed by atoms with Gasteiger partial charge >= 0.3 is 6.18 Å². The molecule has 1 amide bonds. The third-order valence-corrected chi connectivity index (χ3v) is 4.96. The normalized spacial score (nSPS) is 11.3. The van der Waals surface area contributed by atoms with Crippen molar-refractivity contribution in [3.63, 3.8) is 0 Å². The summed E-state index contributed by atoms with van der Waals surface area (Å²) >= 11 is 0. The molecule has 0 aliphatic rings. The number of halogens is 4. The van der Waals surface area contributed by atoms with Crippen LogP contribution in [0.4, 0.5) is 35.0 Å². The molecule has 3 aromatic heterocycles. The molecule has 1 aromatic carbocycles. The third-order valence-electron chi connectivity index (χ3n) is 4.96. The van der Waals surface area contributed by atoms with Gasteiger partial charge in [-0.15, -0.1) is 0 Å². The summed E-state index contributed by atoms with van der Waals surface area (Å²) in [6, 6.07) is 5.77. The molecule has 0 aliphatic heterocycles. The molecule has 4 aromatic rings. The first-order valence-corrected chi connectivity index (χ1v) is 10.4. The highest BCUT2D eigenvalue weighted by Crippen LogP contribution is 2.30. The Bertz CT molecular complexity index is 1340. The number of nitrogens with zero attached hydrogens (tertiary/aromatic N) is 5. The number of nitrogens with one attached hydrogen (secondary N) is 2. The maximum atomic E-state index is 14.7. The molecule has 0 atom stereocenters. The fourth-order valence-electron chi connectivity index (χ4n) is 3.18. The van der Waals surface area contributed by atoms with E-state index in [2.05, 4.69) is 30.7 Å². The molecule has 0 fully saturated rings. The minimum Gasteiger partial charge on any atom is -0.321 e. The van der Waals surface area contributed by atoms with Gasteiger partial charge in [-0.1, -0.05) is 12.1 Å². The predicted octanol–water partition coefficient (Wildman–Crippen LogP) is 4.84. The molecule has 8 nitrogen and oxygen atoms in total. The number of alkyl halides is 3. The maximum Gasteiger partial charge on any atom is 0.416 e. The number of hydrogen-bond acceptors (Lipinski definition) is 6. The zero-order chi connectivity index (χ0) is 25.0. The second-order valence-electron chi connectivity index (χ2n) is 7.46. The van der Waals surface area contributed by atoms with Crippen LogP contribution < -0.4 is 10.6 Å². The Kier molecular flexibility index (Phi) is 6.71. The fraction of sp³-hybridized carbons (Fsp3) is 0.174. The molecule has 0 saturated heterocycles. The van der Waals surface area contributed by atoms with Crippen LogP contribution in [0, 0.1) is 5.82 Å². The van der Waals surface area contributed by atoms with E-state index in [9.17, 15) is 22.4 Å². The minimum atomic E-state index is -4.57. The molecule has 0 radical (unpaired) electrons. The summed E-state index contributed by atoms with van der Waals surface area (Å²) < 4.78 is 54.8. The maximum absolute atomic E-state index is 14.7. The smallest absolute Gasteiger partial charge is 0.321 e. The molecule has 0 spiro atoms. The van der Waals surface area contributed by atoms with Crippen LogP contribution in [0.2, 0.25) is 0 Å². The van der Waals surface area contributed by atoms with Crippen molar-refractivity contribution in [2.24, 2.45) is 0 Å². The number of aryl methyl sites for hydroxylation is 1. The van der Waals surface area contributed by atoms with Gasteiger partial charge in [0.15, 0.2) is 0 Å². The van der Waals surface area contributed by atoms with Crippen molar-refractivity contribution < 1.29 is 22.4 Å². The zero-order valence-electron chi connectivity index (χ0n) is 18.3. The number of amides is 1. The molecule has 2 N–H and O–H groups in total. The Morgan fingerprint density at radius 2 is 1.80 bits per heavy atom. The van der Waals surface area contributed by atoms with Gasteiger partial charge in [-0.25, -0.2) is 19.3 Å². The number of hydrogen-bond donors (Lipinski definition) is 2. The molecule has 35 heavy (non-hydrogen) atoms. The van der Waals surface area contributed by atoms with Crippen LogP contribution >= 0.6 is 0 Å². The van der Waals surface area contributed by atoms with Gasteiger partial charge in [0.2, 0.25) is 11.9 Å². The van der Waals surface area contributed by atoms with E-state index in [1.807, 2.05) is 13.1 Å². The molecule has 12 heteroatoms. The summed E-state index contributed by atoms with van der Waals surface area (Å²) in [6.07, 6.45) is 2.50. The SMILES string of the molecule is CCn1cc(Nc2ncc(-c3ccc(CC(=O)Nc4cc(C(F)(F)F)ccn4)c(F)c3)cn2)cn1. The van der Waals surface area contributed by atoms with E-state index in [1.165, 1.54) is 24.5 Å². The lowest BCUT2D eigenvalue weighted by Crippen LogP contribution is -2.17. The van der Waals surface area contributed by atoms with E-state index in [0.29, 0.717) is 23.1 Å². The topological polar surface area (TPSA) is 97.6 Å². The second kappa shape index (κ2) is 9.87. The average molecular weight is 485 g/mol. The van der Waals surface area contributed by atoms with E-state index in [4.69, 9.17) is 0 Å². The first-order chi connectivity index (χ1) is 16.7. The first-order valence-electron chi connectivity index (χ1n) is 10.4. The third kappa shape index (κ3) is 5.96. The van der Waals surface area contributed by atoms with Crippen LogP contribution in [0.15, 0.2) is 61.3 Å². The first kappa shape index (κ1) is 23.8. The number of anilines is 3. The largest absolute Gasteiger partial charge is 0.416 e. The number of aromatic nitrogens is 5. The molecule has 0 unspecified atom stereocenters. The van der Waals surface area contributed by atoms with Crippen LogP contribution in [0.3, 0.4) is 0 Å². The van der Waals surface area contributed by atoms with Crippen molar-refractivity contribution in [1.82, 2.24) is 24.7 Å². The van der Waals surface area contributed by atoms with Crippen molar-refractivity contribution in [2.45, 2.75) is 26.1 Å². The summed E-state index contributed by atoms with van der Waals surface area (Å²) in [5.41, 5.74) is 0.913. The van der Waals surface area contributed by atoms with E-state index in [1.54, 1.807) is 16.9 Å². The van der Waals surface area contributed by atoms with E-state index >= 15 is 0 Å². The Morgan fingerprint density at radius 3 is 2.46 bits per heavy atom. The summed E-state index contributed by atoms with van der Waals surface area (Å²) in [7, 11) is 0. The molecular formula is C23H19F4N7O. The molecule has 0 saturated carbocycles. The summed E-state index contributed by atoms with van der Waals surface area (Å²) in [6.45, 7) is 2.69. The molecule has 4 rings (SSSR count). The quantitative estimate of drug-likeness (QED) is 0.364. The lowest BCUT2D eigenvalue weighted by atomic mass is 10.0. The average Bonchev–Trinajstić information content (AvgIpc) is 3.28. The second-order valence-corrected chi connectivity index (χ2v) is 7.46. The van der Waals surface area contributed by atoms with E-state index in [0.717, 1.165) is 24.5 Å². The molecule has 0 bridgehead atoms. The number of carbonyl (C=O) groups is 1. The van der Waals surface area contributed by atoms with Gasteiger partial charge in [-0.2, -0.15) is 18.3 Å².